The normalized spacial score (nSPS) is 15.2. The molecule has 4 rings (SSSR count). The molecule has 0 radical (unpaired) electrons. The highest BCUT2D eigenvalue weighted by atomic mass is 16.6. The van der Waals surface area contributed by atoms with Crippen molar-refractivity contribution >= 4 is 17.0 Å². The molecule has 1 aromatic carbocycles. The molecule has 8 heteroatoms. The second-order valence-corrected chi connectivity index (χ2v) is 8.50. The van der Waals surface area contributed by atoms with Crippen LogP contribution >= 0.6 is 0 Å². The lowest BCUT2D eigenvalue weighted by atomic mass is 9.97. The van der Waals surface area contributed by atoms with Gasteiger partial charge in [0, 0.05) is 36.0 Å². The van der Waals surface area contributed by atoms with E-state index in [0.29, 0.717) is 31.4 Å². The predicted molar refractivity (Wildman–Crippen MR) is 118 cm³/mol. The number of rotatable bonds is 7. The zero-order valence-corrected chi connectivity index (χ0v) is 18.6. The van der Waals surface area contributed by atoms with Crippen molar-refractivity contribution in [3.63, 3.8) is 0 Å². The lowest BCUT2D eigenvalue weighted by molar-refractivity contribution is 0.0893. The molecule has 0 spiro atoms. The molecule has 1 fully saturated rings. The first kappa shape index (κ1) is 21.3. The van der Waals surface area contributed by atoms with Crippen LogP contribution in [0.3, 0.4) is 0 Å². The van der Waals surface area contributed by atoms with E-state index in [0.717, 1.165) is 48.6 Å². The van der Waals surface area contributed by atoms with Gasteiger partial charge in [0.15, 0.2) is 0 Å². The molecule has 8 nitrogen and oxygen atoms in total. The molecule has 0 aliphatic carbocycles. The Balaban J connectivity index is 1.38. The lowest BCUT2D eigenvalue weighted by Crippen LogP contribution is -2.38. The minimum Gasteiger partial charge on any atom is -0.449 e. The fraction of sp³-hybridized carbons (Fsp3) is 0.565. The fourth-order valence-corrected chi connectivity index (χ4v) is 4.02. The summed E-state index contributed by atoms with van der Waals surface area (Å²) in [4.78, 5) is 18.6. The number of benzene rings is 1. The van der Waals surface area contributed by atoms with Crippen LogP contribution < -0.4 is 0 Å². The third kappa shape index (κ3) is 4.73. The van der Waals surface area contributed by atoms with Gasteiger partial charge in [-0.3, -0.25) is 4.68 Å². The van der Waals surface area contributed by atoms with Gasteiger partial charge in [0.1, 0.15) is 0 Å². The summed E-state index contributed by atoms with van der Waals surface area (Å²) < 4.78 is 13.0. The lowest BCUT2D eigenvalue weighted by Gasteiger charge is -2.29. The number of piperidine rings is 1. The van der Waals surface area contributed by atoms with Gasteiger partial charge < -0.3 is 14.2 Å². The third-order valence-electron chi connectivity index (χ3n) is 5.86. The van der Waals surface area contributed by atoms with Gasteiger partial charge in [0.25, 0.3) is 0 Å². The smallest absolute Gasteiger partial charge is 0.409 e. The Morgan fingerprint density at radius 2 is 2.06 bits per heavy atom. The first-order chi connectivity index (χ1) is 15.1. The topological polar surface area (TPSA) is 86.3 Å². The Kier molecular flexibility index (Phi) is 6.53. The highest BCUT2D eigenvalue weighted by molar-refractivity contribution is 5.83. The van der Waals surface area contributed by atoms with Crippen LogP contribution in [0.15, 0.2) is 28.9 Å². The maximum atomic E-state index is 12.2. The van der Waals surface area contributed by atoms with E-state index in [4.69, 9.17) is 9.26 Å². The minimum absolute atomic E-state index is 0.162. The number of carbonyl (C=O) groups excluding carboxylic acids is 1. The van der Waals surface area contributed by atoms with Gasteiger partial charge in [0.05, 0.1) is 18.3 Å². The summed E-state index contributed by atoms with van der Waals surface area (Å²) in [5.74, 6) is 1.39. The summed E-state index contributed by atoms with van der Waals surface area (Å²) in [6, 6.07) is 6.38. The Labute approximate surface area is 182 Å². The molecule has 0 atom stereocenters. The van der Waals surface area contributed by atoms with Gasteiger partial charge >= 0.3 is 6.09 Å². The highest BCUT2D eigenvalue weighted by Gasteiger charge is 2.28. The number of hydrogen-bond donors (Lipinski definition) is 0. The zero-order chi connectivity index (χ0) is 21.8. The fourth-order valence-electron chi connectivity index (χ4n) is 4.02. The summed E-state index contributed by atoms with van der Waals surface area (Å²) in [5.41, 5.74) is 1.97. The van der Waals surface area contributed by atoms with E-state index in [1.54, 1.807) is 4.90 Å². The first-order valence-corrected chi connectivity index (χ1v) is 11.3. The van der Waals surface area contributed by atoms with E-state index in [9.17, 15) is 4.79 Å². The summed E-state index contributed by atoms with van der Waals surface area (Å²) in [7, 11) is 0. The minimum atomic E-state index is -0.212. The Morgan fingerprint density at radius 3 is 2.81 bits per heavy atom. The number of unbranched alkanes of at least 4 members (excludes halogenated alkanes) is 2. The van der Waals surface area contributed by atoms with Crippen LogP contribution in [0.25, 0.3) is 22.3 Å². The van der Waals surface area contributed by atoms with E-state index >= 15 is 0 Å². The summed E-state index contributed by atoms with van der Waals surface area (Å²) in [6.07, 6.45) is 6.38. The number of carbonyl (C=O) groups is 1. The average molecular weight is 426 g/mol. The number of fused-ring (bicyclic) bond motifs is 1. The van der Waals surface area contributed by atoms with E-state index < -0.39 is 0 Å². The number of likely N-dealkylation sites (tertiary alicyclic amines) is 1. The van der Waals surface area contributed by atoms with Crippen molar-refractivity contribution in [2.24, 2.45) is 0 Å². The van der Waals surface area contributed by atoms with Gasteiger partial charge in [-0.25, -0.2) is 4.79 Å². The Hall–Kier alpha value is -2.90. The van der Waals surface area contributed by atoms with Crippen LogP contribution in [0, 0.1) is 0 Å². The van der Waals surface area contributed by atoms with Crippen LogP contribution in [0.2, 0.25) is 0 Å². The van der Waals surface area contributed by atoms with Crippen LogP contribution in [-0.2, 0) is 4.74 Å². The molecule has 0 N–H and O–H groups in total. The molecule has 3 aromatic rings. The molecule has 31 heavy (non-hydrogen) atoms. The molecule has 166 valence electrons. The Morgan fingerprint density at radius 1 is 1.26 bits per heavy atom. The predicted octanol–water partition coefficient (Wildman–Crippen LogP) is 5.17. The van der Waals surface area contributed by atoms with Crippen LogP contribution in [0.5, 0.6) is 0 Å². The SMILES string of the molecule is CCCCCOC(=O)N1CCC(c2nc(-c3ccc4cnn(C(C)C)c4c3)no2)CC1. The number of amides is 1. The molecular weight excluding hydrogens is 394 g/mol. The third-order valence-corrected chi connectivity index (χ3v) is 5.86. The first-order valence-electron chi connectivity index (χ1n) is 11.3. The Bertz CT molecular complexity index is 1020. The molecule has 1 amide bonds. The maximum Gasteiger partial charge on any atom is 0.409 e. The zero-order valence-electron chi connectivity index (χ0n) is 18.6. The number of ether oxygens (including phenoxy) is 1. The second-order valence-electron chi connectivity index (χ2n) is 8.50. The van der Waals surface area contributed by atoms with Gasteiger partial charge in [-0.05, 0) is 39.2 Å². The molecule has 0 saturated carbocycles. The summed E-state index contributed by atoms with van der Waals surface area (Å²) in [6.45, 7) is 8.15. The van der Waals surface area contributed by atoms with Crippen molar-refractivity contribution < 1.29 is 14.1 Å². The molecule has 3 heterocycles. The van der Waals surface area contributed by atoms with Crippen molar-refractivity contribution in [3.8, 4) is 11.4 Å². The monoisotopic (exact) mass is 425 g/mol. The molecular formula is C23H31N5O3. The van der Waals surface area contributed by atoms with Gasteiger partial charge in [-0.15, -0.1) is 0 Å². The molecule has 2 aromatic heterocycles. The number of aromatic nitrogens is 4. The highest BCUT2D eigenvalue weighted by Crippen LogP contribution is 2.30. The van der Waals surface area contributed by atoms with E-state index in [1.165, 1.54) is 0 Å². The van der Waals surface area contributed by atoms with Gasteiger partial charge in [-0.2, -0.15) is 10.1 Å². The van der Waals surface area contributed by atoms with Crippen molar-refractivity contribution in [2.45, 2.75) is 64.8 Å². The molecule has 0 bridgehead atoms. The van der Waals surface area contributed by atoms with Crippen molar-refractivity contribution in [3.05, 3.63) is 30.3 Å². The van der Waals surface area contributed by atoms with Gasteiger partial charge in [-0.1, -0.05) is 37.1 Å². The number of nitrogens with zero attached hydrogens (tertiary/aromatic N) is 5. The van der Waals surface area contributed by atoms with E-state index in [-0.39, 0.29) is 18.1 Å². The van der Waals surface area contributed by atoms with Crippen molar-refractivity contribution in [1.29, 1.82) is 0 Å². The van der Waals surface area contributed by atoms with Crippen LogP contribution in [0.1, 0.15) is 70.7 Å². The van der Waals surface area contributed by atoms with Crippen molar-refractivity contribution in [2.75, 3.05) is 19.7 Å². The molecule has 1 aliphatic heterocycles. The molecule has 1 aliphatic rings. The second kappa shape index (κ2) is 9.49. The quantitative estimate of drug-likeness (QED) is 0.485. The van der Waals surface area contributed by atoms with E-state index in [2.05, 4.69) is 42.1 Å². The maximum absolute atomic E-state index is 12.2. The van der Waals surface area contributed by atoms with Crippen molar-refractivity contribution in [1.82, 2.24) is 24.8 Å². The summed E-state index contributed by atoms with van der Waals surface area (Å²) >= 11 is 0. The van der Waals surface area contributed by atoms with Crippen LogP contribution in [0.4, 0.5) is 4.79 Å². The summed E-state index contributed by atoms with van der Waals surface area (Å²) in [5, 5.41) is 9.78. The molecule has 0 unspecified atom stereocenters. The van der Waals surface area contributed by atoms with Crippen LogP contribution in [-0.4, -0.2) is 50.6 Å². The standard InChI is InChI=1S/C23H31N5O3/c1-4-5-6-13-30-23(29)27-11-9-17(10-12-27)22-25-21(26-31-22)18-7-8-19-15-24-28(16(2)3)20(19)14-18/h7-8,14-17H,4-6,9-13H2,1-3H3. The van der Waals surface area contributed by atoms with E-state index in [1.807, 2.05) is 23.0 Å². The largest absolute Gasteiger partial charge is 0.449 e. The molecule has 1 saturated heterocycles. The van der Waals surface area contributed by atoms with Gasteiger partial charge in [0.2, 0.25) is 11.7 Å². The average Bonchev–Trinajstić information content (AvgIpc) is 3.43. The number of hydrogen-bond acceptors (Lipinski definition) is 6.